The van der Waals surface area contributed by atoms with E-state index in [0.29, 0.717) is 36.6 Å². The number of fused-ring (bicyclic) bond motifs is 1. The Bertz CT molecular complexity index is 838. The SMILES string of the molecule is COc1ccc(C(=O)N[C@@H]2CC(=O)Nc3ccccc32)cc1OCCCN. The maximum atomic E-state index is 12.8. The summed E-state index contributed by atoms with van der Waals surface area (Å²) >= 11 is 0. The van der Waals surface area contributed by atoms with E-state index in [9.17, 15) is 9.59 Å². The summed E-state index contributed by atoms with van der Waals surface area (Å²) in [5.41, 5.74) is 7.53. The van der Waals surface area contributed by atoms with Crippen molar-refractivity contribution in [2.45, 2.75) is 18.9 Å². The molecule has 0 saturated carbocycles. The van der Waals surface area contributed by atoms with Crippen molar-refractivity contribution < 1.29 is 19.1 Å². The third kappa shape index (κ3) is 4.38. The van der Waals surface area contributed by atoms with Crippen molar-refractivity contribution in [2.75, 3.05) is 25.6 Å². The Morgan fingerprint density at radius 2 is 2.07 bits per heavy atom. The number of nitrogens with two attached hydrogens (primary N) is 1. The maximum Gasteiger partial charge on any atom is 0.251 e. The fourth-order valence-electron chi connectivity index (χ4n) is 2.98. The molecule has 4 N–H and O–H groups in total. The van der Waals surface area contributed by atoms with Crippen LogP contribution in [0, 0.1) is 0 Å². The van der Waals surface area contributed by atoms with Crippen molar-refractivity contribution in [2.24, 2.45) is 5.73 Å². The van der Waals surface area contributed by atoms with E-state index < -0.39 is 0 Å². The zero-order valence-corrected chi connectivity index (χ0v) is 15.2. The second-order valence-corrected chi connectivity index (χ2v) is 6.22. The first-order valence-corrected chi connectivity index (χ1v) is 8.83. The normalized spacial score (nSPS) is 15.5. The highest BCUT2D eigenvalue weighted by atomic mass is 16.5. The van der Waals surface area contributed by atoms with Crippen LogP contribution in [0.3, 0.4) is 0 Å². The van der Waals surface area contributed by atoms with Gasteiger partial charge in [-0.3, -0.25) is 9.59 Å². The van der Waals surface area contributed by atoms with Gasteiger partial charge in [-0.15, -0.1) is 0 Å². The number of amides is 2. The zero-order valence-electron chi connectivity index (χ0n) is 15.2. The van der Waals surface area contributed by atoms with Crippen LogP contribution < -0.4 is 25.8 Å². The van der Waals surface area contributed by atoms with Gasteiger partial charge in [0.15, 0.2) is 11.5 Å². The zero-order chi connectivity index (χ0) is 19.2. The molecule has 3 rings (SSSR count). The van der Waals surface area contributed by atoms with Crippen LogP contribution in [0.1, 0.15) is 34.8 Å². The number of anilines is 1. The fraction of sp³-hybridized carbons (Fsp3) is 0.300. The third-order valence-corrected chi connectivity index (χ3v) is 4.34. The van der Waals surface area contributed by atoms with Crippen LogP contribution in [0.15, 0.2) is 42.5 Å². The Hall–Kier alpha value is -3.06. The molecule has 2 aromatic carbocycles. The molecule has 27 heavy (non-hydrogen) atoms. The number of nitrogens with one attached hydrogen (secondary N) is 2. The second-order valence-electron chi connectivity index (χ2n) is 6.22. The van der Waals surface area contributed by atoms with Gasteiger partial charge in [-0.1, -0.05) is 18.2 Å². The Balaban J connectivity index is 1.78. The van der Waals surface area contributed by atoms with Crippen molar-refractivity contribution in [1.82, 2.24) is 5.32 Å². The minimum atomic E-state index is -0.383. The predicted molar refractivity (Wildman–Crippen MR) is 102 cm³/mol. The van der Waals surface area contributed by atoms with E-state index in [1.807, 2.05) is 24.3 Å². The number of carbonyl (C=O) groups excluding carboxylic acids is 2. The first kappa shape index (κ1) is 18.7. The summed E-state index contributed by atoms with van der Waals surface area (Å²) in [5, 5.41) is 5.76. The lowest BCUT2D eigenvalue weighted by molar-refractivity contribution is -0.116. The predicted octanol–water partition coefficient (Wildman–Crippen LogP) is 2.24. The number of hydrogen-bond acceptors (Lipinski definition) is 5. The molecule has 7 nitrogen and oxygen atoms in total. The van der Waals surface area contributed by atoms with E-state index in [-0.39, 0.29) is 24.3 Å². The van der Waals surface area contributed by atoms with Gasteiger partial charge in [0.25, 0.3) is 5.91 Å². The number of benzene rings is 2. The van der Waals surface area contributed by atoms with Crippen molar-refractivity contribution in [3.8, 4) is 11.5 Å². The number of methoxy groups -OCH3 is 1. The molecular weight excluding hydrogens is 346 g/mol. The summed E-state index contributed by atoms with van der Waals surface area (Å²) in [6.07, 6.45) is 0.895. The maximum absolute atomic E-state index is 12.8. The molecule has 0 unspecified atom stereocenters. The average molecular weight is 369 g/mol. The number of carbonyl (C=O) groups is 2. The van der Waals surface area contributed by atoms with Gasteiger partial charge in [0.2, 0.25) is 5.91 Å². The van der Waals surface area contributed by atoms with Gasteiger partial charge in [-0.2, -0.15) is 0 Å². The lowest BCUT2D eigenvalue weighted by Crippen LogP contribution is -2.35. The van der Waals surface area contributed by atoms with Crippen molar-refractivity contribution >= 4 is 17.5 Å². The van der Waals surface area contributed by atoms with Gasteiger partial charge >= 0.3 is 0 Å². The molecule has 0 radical (unpaired) electrons. The molecule has 0 spiro atoms. The van der Waals surface area contributed by atoms with Gasteiger partial charge in [0, 0.05) is 11.3 Å². The molecule has 7 heteroatoms. The van der Waals surface area contributed by atoms with Gasteiger partial charge < -0.3 is 25.8 Å². The molecule has 2 amide bonds. The molecule has 1 atom stereocenters. The van der Waals surface area contributed by atoms with E-state index >= 15 is 0 Å². The summed E-state index contributed by atoms with van der Waals surface area (Å²) in [5.74, 6) is 0.627. The minimum absolute atomic E-state index is 0.125. The van der Waals surface area contributed by atoms with E-state index in [1.165, 1.54) is 0 Å². The van der Waals surface area contributed by atoms with Crippen LogP contribution >= 0.6 is 0 Å². The highest BCUT2D eigenvalue weighted by Crippen LogP contribution is 2.31. The van der Waals surface area contributed by atoms with E-state index in [2.05, 4.69) is 10.6 Å². The van der Waals surface area contributed by atoms with Gasteiger partial charge in [0.1, 0.15) is 0 Å². The first-order valence-electron chi connectivity index (χ1n) is 8.83. The van der Waals surface area contributed by atoms with Crippen LogP contribution in [-0.4, -0.2) is 32.1 Å². The molecular formula is C20H23N3O4. The number of rotatable bonds is 7. The third-order valence-electron chi connectivity index (χ3n) is 4.34. The minimum Gasteiger partial charge on any atom is -0.493 e. The number of hydrogen-bond donors (Lipinski definition) is 3. The van der Waals surface area contributed by atoms with Gasteiger partial charge in [-0.05, 0) is 42.8 Å². The quantitative estimate of drug-likeness (QED) is 0.650. The van der Waals surface area contributed by atoms with Crippen molar-refractivity contribution in [3.05, 3.63) is 53.6 Å². The number of para-hydroxylation sites is 1. The standard InChI is InChI=1S/C20H23N3O4/c1-26-17-8-7-13(11-18(17)27-10-4-9-21)20(25)23-16-12-19(24)22-15-6-3-2-5-14(15)16/h2-3,5-8,11,16H,4,9-10,12,21H2,1H3,(H,22,24)(H,23,25)/t16-/m1/s1. The van der Waals surface area contributed by atoms with Gasteiger partial charge in [0.05, 0.1) is 26.2 Å². The summed E-state index contributed by atoms with van der Waals surface area (Å²) in [6, 6.07) is 12.1. The van der Waals surface area contributed by atoms with Crippen LogP contribution in [0.25, 0.3) is 0 Å². The van der Waals surface area contributed by atoms with Crippen LogP contribution in [0.5, 0.6) is 11.5 Å². The molecule has 1 aliphatic rings. The van der Waals surface area contributed by atoms with Crippen LogP contribution in [0.4, 0.5) is 5.69 Å². The van der Waals surface area contributed by atoms with Gasteiger partial charge in [-0.25, -0.2) is 0 Å². The van der Waals surface area contributed by atoms with E-state index in [1.54, 1.807) is 25.3 Å². The second kappa shape index (κ2) is 8.55. The Morgan fingerprint density at radius 3 is 2.85 bits per heavy atom. The van der Waals surface area contributed by atoms with Crippen molar-refractivity contribution in [3.63, 3.8) is 0 Å². The van der Waals surface area contributed by atoms with Crippen LogP contribution in [0.2, 0.25) is 0 Å². The molecule has 0 aromatic heterocycles. The van der Waals surface area contributed by atoms with E-state index in [0.717, 1.165) is 11.3 Å². The smallest absolute Gasteiger partial charge is 0.251 e. The highest BCUT2D eigenvalue weighted by molar-refractivity contribution is 5.98. The summed E-state index contributed by atoms with van der Waals surface area (Å²) in [4.78, 5) is 24.7. The molecule has 0 fully saturated rings. The number of ether oxygens (including phenoxy) is 2. The topological polar surface area (TPSA) is 103 Å². The average Bonchev–Trinajstić information content (AvgIpc) is 2.68. The molecule has 0 bridgehead atoms. The summed E-state index contributed by atoms with van der Waals surface area (Å²) < 4.78 is 11.0. The largest absolute Gasteiger partial charge is 0.493 e. The monoisotopic (exact) mass is 369 g/mol. The van der Waals surface area contributed by atoms with Crippen molar-refractivity contribution in [1.29, 1.82) is 0 Å². The summed E-state index contributed by atoms with van der Waals surface area (Å²) in [7, 11) is 1.54. The first-order chi connectivity index (χ1) is 13.1. The lowest BCUT2D eigenvalue weighted by Gasteiger charge is -2.26. The fourth-order valence-corrected chi connectivity index (χ4v) is 2.98. The Kier molecular flexibility index (Phi) is 5.93. The Morgan fingerprint density at radius 1 is 1.26 bits per heavy atom. The molecule has 0 saturated heterocycles. The highest BCUT2D eigenvalue weighted by Gasteiger charge is 2.26. The lowest BCUT2D eigenvalue weighted by atomic mass is 9.97. The van der Waals surface area contributed by atoms with Crippen LogP contribution in [-0.2, 0) is 4.79 Å². The molecule has 0 aliphatic carbocycles. The Labute approximate surface area is 157 Å². The molecule has 1 heterocycles. The molecule has 2 aromatic rings. The van der Waals surface area contributed by atoms with E-state index in [4.69, 9.17) is 15.2 Å². The molecule has 142 valence electrons. The molecule has 1 aliphatic heterocycles. The summed E-state index contributed by atoms with van der Waals surface area (Å²) in [6.45, 7) is 0.958.